The van der Waals surface area contributed by atoms with Gasteiger partial charge < -0.3 is 4.90 Å². The van der Waals surface area contributed by atoms with E-state index in [-0.39, 0.29) is 0 Å². The van der Waals surface area contributed by atoms with Crippen LogP contribution in [0.3, 0.4) is 0 Å². The van der Waals surface area contributed by atoms with Crippen molar-refractivity contribution in [3.63, 3.8) is 0 Å². The maximum absolute atomic E-state index is 5.52. The van der Waals surface area contributed by atoms with Gasteiger partial charge in [0.15, 0.2) is 0 Å². The van der Waals surface area contributed by atoms with Gasteiger partial charge in [-0.2, -0.15) is 0 Å². The van der Waals surface area contributed by atoms with Gasteiger partial charge in [-0.15, -0.1) is 0 Å². The van der Waals surface area contributed by atoms with Gasteiger partial charge in [-0.1, -0.05) is 74.2 Å². The number of thiocarbonyl (C=S) groups is 1. The molecule has 104 valence electrons. The van der Waals surface area contributed by atoms with Crippen LogP contribution in [0.1, 0.15) is 19.4 Å². The molecule has 1 atom stereocenters. The second kappa shape index (κ2) is 5.74. The molecule has 0 N–H and O–H groups in total. The summed E-state index contributed by atoms with van der Waals surface area (Å²) in [4.78, 5) is 2.40. The molecular weight excluding hydrogens is 282 g/mol. The van der Waals surface area contributed by atoms with E-state index in [9.17, 15) is 0 Å². The molecule has 0 aromatic heterocycles. The van der Waals surface area contributed by atoms with Crippen LogP contribution in [0, 0.1) is 5.92 Å². The molecule has 2 aromatic rings. The van der Waals surface area contributed by atoms with Crippen molar-refractivity contribution < 1.29 is 0 Å². The van der Waals surface area contributed by atoms with Gasteiger partial charge in [-0.25, -0.2) is 0 Å². The number of nitrogens with zero attached hydrogens (tertiary/aromatic N) is 1. The number of hydrogen-bond donors (Lipinski definition) is 0. The van der Waals surface area contributed by atoms with Gasteiger partial charge in [0.2, 0.25) is 0 Å². The minimum atomic E-state index is 0.568. The SMILES string of the molecule is CC(C)C1CSC(=S)N1Cc1ccc2ccccc2c1. The van der Waals surface area contributed by atoms with Crippen molar-refractivity contribution in [3.8, 4) is 0 Å². The lowest BCUT2D eigenvalue weighted by Gasteiger charge is -2.28. The fraction of sp³-hybridized carbons (Fsp3) is 0.353. The lowest BCUT2D eigenvalue weighted by molar-refractivity contribution is 0.281. The van der Waals surface area contributed by atoms with Crippen molar-refractivity contribution in [1.82, 2.24) is 4.90 Å². The van der Waals surface area contributed by atoms with E-state index in [1.54, 1.807) is 0 Å². The molecule has 0 amide bonds. The molecule has 2 aromatic carbocycles. The highest BCUT2D eigenvalue weighted by Gasteiger charge is 2.30. The molecule has 1 aliphatic rings. The summed E-state index contributed by atoms with van der Waals surface area (Å²) in [5.41, 5.74) is 1.35. The molecule has 1 aliphatic heterocycles. The molecule has 3 heteroatoms. The molecule has 0 saturated carbocycles. The smallest absolute Gasteiger partial charge is 0.137 e. The molecule has 1 unspecified atom stereocenters. The van der Waals surface area contributed by atoms with Crippen molar-refractivity contribution in [2.75, 3.05) is 5.75 Å². The molecule has 20 heavy (non-hydrogen) atoms. The summed E-state index contributed by atoms with van der Waals surface area (Å²) >= 11 is 7.34. The first-order valence-electron chi connectivity index (χ1n) is 7.06. The van der Waals surface area contributed by atoms with E-state index in [0.29, 0.717) is 12.0 Å². The highest BCUT2D eigenvalue weighted by molar-refractivity contribution is 8.23. The standard InChI is InChI=1S/C17H19NS2/c1-12(2)16-11-20-17(19)18(16)10-13-7-8-14-5-3-4-6-15(14)9-13/h3-9,12,16H,10-11H2,1-2H3. The Morgan fingerprint density at radius 2 is 1.95 bits per heavy atom. The van der Waals surface area contributed by atoms with Crippen molar-refractivity contribution >= 4 is 39.1 Å². The van der Waals surface area contributed by atoms with Crippen LogP contribution in [0.2, 0.25) is 0 Å². The molecule has 1 heterocycles. The molecular formula is C17H19NS2. The summed E-state index contributed by atoms with van der Waals surface area (Å²) in [6.07, 6.45) is 0. The van der Waals surface area contributed by atoms with Crippen LogP contribution in [0.4, 0.5) is 0 Å². The van der Waals surface area contributed by atoms with E-state index in [1.807, 2.05) is 11.8 Å². The zero-order valence-corrected chi connectivity index (χ0v) is 13.5. The van der Waals surface area contributed by atoms with Crippen LogP contribution in [-0.2, 0) is 6.54 Å². The third-order valence-corrected chi connectivity index (χ3v) is 5.53. The molecule has 1 saturated heterocycles. The van der Waals surface area contributed by atoms with Gasteiger partial charge in [-0.3, -0.25) is 0 Å². The Morgan fingerprint density at radius 1 is 1.20 bits per heavy atom. The van der Waals surface area contributed by atoms with Crippen LogP contribution >= 0.6 is 24.0 Å². The Balaban J connectivity index is 1.86. The van der Waals surface area contributed by atoms with Crippen LogP contribution in [0.5, 0.6) is 0 Å². The van der Waals surface area contributed by atoms with Crippen molar-refractivity contribution in [1.29, 1.82) is 0 Å². The Kier molecular flexibility index (Phi) is 3.99. The van der Waals surface area contributed by atoms with E-state index in [0.717, 1.165) is 16.6 Å². The van der Waals surface area contributed by atoms with Crippen LogP contribution < -0.4 is 0 Å². The first-order valence-corrected chi connectivity index (χ1v) is 8.45. The van der Waals surface area contributed by atoms with Crippen LogP contribution in [0.15, 0.2) is 42.5 Å². The lowest BCUT2D eigenvalue weighted by atomic mass is 10.0. The predicted octanol–water partition coefficient (Wildman–Crippen LogP) is 4.70. The van der Waals surface area contributed by atoms with Gasteiger partial charge in [0.1, 0.15) is 4.32 Å². The average Bonchev–Trinajstić information content (AvgIpc) is 2.80. The van der Waals surface area contributed by atoms with Crippen molar-refractivity contribution in [3.05, 3.63) is 48.0 Å². The third kappa shape index (κ3) is 2.70. The van der Waals surface area contributed by atoms with Crippen LogP contribution in [0.25, 0.3) is 10.8 Å². The van der Waals surface area contributed by atoms with Crippen molar-refractivity contribution in [2.45, 2.75) is 26.4 Å². The Labute approximate surface area is 130 Å². The van der Waals surface area contributed by atoms with Gasteiger partial charge in [0.25, 0.3) is 0 Å². The van der Waals surface area contributed by atoms with Crippen LogP contribution in [-0.4, -0.2) is 21.0 Å². The van der Waals surface area contributed by atoms with E-state index < -0.39 is 0 Å². The highest BCUT2D eigenvalue weighted by Crippen LogP contribution is 2.30. The minimum absolute atomic E-state index is 0.568. The summed E-state index contributed by atoms with van der Waals surface area (Å²) in [7, 11) is 0. The largest absolute Gasteiger partial charge is 0.349 e. The number of fused-ring (bicyclic) bond motifs is 1. The normalized spacial score (nSPS) is 19.2. The molecule has 1 fully saturated rings. The molecule has 3 rings (SSSR count). The number of thioether (sulfide) groups is 1. The molecule has 1 nitrogen and oxygen atoms in total. The van der Waals surface area contributed by atoms with Gasteiger partial charge in [0.05, 0.1) is 0 Å². The molecule has 0 aliphatic carbocycles. The maximum atomic E-state index is 5.52. The number of hydrogen-bond acceptors (Lipinski definition) is 2. The summed E-state index contributed by atoms with van der Waals surface area (Å²) < 4.78 is 1.05. The minimum Gasteiger partial charge on any atom is -0.349 e. The topological polar surface area (TPSA) is 3.24 Å². The highest BCUT2D eigenvalue weighted by atomic mass is 32.2. The first-order chi connectivity index (χ1) is 9.65. The number of rotatable bonds is 3. The van der Waals surface area contributed by atoms with E-state index in [1.165, 1.54) is 16.3 Å². The fourth-order valence-corrected chi connectivity index (χ4v) is 4.38. The summed E-state index contributed by atoms with van der Waals surface area (Å²) in [6, 6.07) is 15.8. The summed E-state index contributed by atoms with van der Waals surface area (Å²) in [5.74, 6) is 1.77. The zero-order chi connectivity index (χ0) is 14.1. The molecule has 0 radical (unpaired) electrons. The Bertz CT molecular complexity index is 636. The maximum Gasteiger partial charge on any atom is 0.137 e. The zero-order valence-electron chi connectivity index (χ0n) is 11.9. The number of benzene rings is 2. The Hall–Kier alpha value is -1.06. The monoisotopic (exact) mass is 301 g/mol. The quantitative estimate of drug-likeness (QED) is 0.757. The Morgan fingerprint density at radius 3 is 2.70 bits per heavy atom. The fourth-order valence-electron chi connectivity index (χ4n) is 2.73. The first kappa shape index (κ1) is 13.9. The lowest BCUT2D eigenvalue weighted by Crippen LogP contribution is -2.36. The summed E-state index contributed by atoms with van der Waals surface area (Å²) in [6.45, 7) is 5.50. The van der Waals surface area contributed by atoms with E-state index >= 15 is 0 Å². The second-order valence-corrected chi connectivity index (χ2v) is 7.35. The van der Waals surface area contributed by atoms with Crippen molar-refractivity contribution in [2.24, 2.45) is 5.92 Å². The van der Waals surface area contributed by atoms with E-state index in [2.05, 4.69) is 61.2 Å². The third-order valence-electron chi connectivity index (χ3n) is 3.95. The second-order valence-electron chi connectivity index (χ2n) is 5.70. The molecule has 0 bridgehead atoms. The van der Waals surface area contributed by atoms with Gasteiger partial charge in [-0.05, 0) is 28.3 Å². The van der Waals surface area contributed by atoms with Gasteiger partial charge >= 0.3 is 0 Å². The summed E-state index contributed by atoms with van der Waals surface area (Å²) in [5, 5.41) is 2.61. The van der Waals surface area contributed by atoms with E-state index in [4.69, 9.17) is 12.2 Å². The average molecular weight is 301 g/mol. The predicted molar refractivity (Wildman–Crippen MR) is 93.2 cm³/mol. The molecule has 0 spiro atoms. The van der Waals surface area contributed by atoms with Gasteiger partial charge in [0, 0.05) is 18.3 Å².